The number of rotatable bonds is 8. The van der Waals surface area contributed by atoms with Gasteiger partial charge in [0.15, 0.2) is 0 Å². The van der Waals surface area contributed by atoms with E-state index in [2.05, 4.69) is 12.2 Å². The van der Waals surface area contributed by atoms with Crippen molar-refractivity contribution in [2.45, 2.75) is 40.0 Å². The van der Waals surface area contributed by atoms with Gasteiger partial charge in [-0.1, -0.05) is 26.3 Å². The van der Waals surface area contributed by atoms with Crippen LogP contribution in [0.3, 0.4) is 0 Å². The van der Waals surface area contributed by atoms with Crippen LogP contribution in [0.5, 0.6) is 5.75 Å². The minimum atomic E-state index is -0.422. The number of amides is 1. The number of hydrogen-bond acceptors (Lipinski definition) is 4. The smallest absolute Gasteiger partial charge is 0.270 e. The monoisotopic (exact) mass is 356 g/mol. The molecule has 0 fully saturated rings. The molecule has 1 N–H and O–H groups in total. The molecule has 0 saturated heterocycles. The van der Waals surface area contributed by atoms with E-state index in [0.29, 0.717) is 35.6 Å². The van der Waals surface area contributed by atoms with Crippen LogP contribution in [-0.2, 0) is 6.42 Å². The van der Waals surface area contributed by atoms with Crippen molar-refractivity contribution in [1.29, 1.82) is 0 Å². The Morgan fingerprint density at radius 1 is 1.23 bits per heavy atom. The molecule has 0 saturated carbocycles. The van der Waals surface area contributed by atoms with Gasteiger partial charge >= 0.3 is 0 Å². The summed E-state index contributed by atoms with van der Waals surface area (Å²) in [7, 11) is 0. The molecule has 0 aliphatic heterocycles. The topological polar surface area (TPSA) is 81.5 Å². The van der Waals surface area contributed by atoms with Crippen LogP contribution in [0.4, 0.5) is 11.4 Å². The zero-order valence-corrected chi connectivity index (χ0v) is 15.4. The predicted molar refractivity (Wildman–Crippen MR) is 102 cm³/mol. The van der Waals surface area contributed by atoms with Crippen molar-refractivity contribution >= 4 is 17.3 Å². The summed E-state index contributed by atoms with van der Waals surface area (Å²) in [5.74, 6) is 0.389. The van der Waals surface area contributed by atoms with Gasteiger partial charge < -0.3 is 10.1 Å². The Morgan fingerprint density at radius 2 is 2.00 bits per heavy atom. The first-order valence-electron chi connectivity index (χ1n) is 8.78. The summed E-state index contributed by atoms with van der Waals surface area (Å²) in [6.45, 7) is 6.36. The van der Waals surface area contributed by atoms with Crippen molar-refractivity contribution in [3.63, 3.8) is 0 Å². The number of nitrogens with zero attached hydrogens (tertiary/aromatic N) is 1. The molecule has 0 aromatic heterocycles. The molecule has 0 atom stereocenters. The van der Waals surface area contributed by atoms with Gasteiger partial charge in [0.1, 0.15) is 5.75 Å². The molecular weight excluding hydrogens is 332 g/mol. The zero-order chi connectivity index (χ0) is 19.1. The van der Waals surface area contributed by atoms with Crippen LogP contribution in [0.1, 0.15) is 48.2 Å². The molecule has 0 aliphatic carbocycles. The molecular formula is C20H24N2O4. The maximum absolute atomic E-state index is 12.6. The van der Waals surface area contributed by atoms with Gasteiger partial charge in [0.2, 0.25) is 0 Å². The second-order valence-corrected chi connectivity index (χ2v) is 6.09. The first-order chi connectivity index (χ1) is 12.5. The van der Waals surface area contributed by atoms with E-state index in [4.69, 9.17) is 4.74 Å². The Morgan fingerprint density at radius 3 is 2.65 bits per heavy atom. The van der Waals surface area contributed by atoms with Crippen LogP contribution >= 0.6 is 0 Å². The van der Waals surface area contributed by atoms with Crippen molar-refractivity contribution in [2.24, 2.45) is 0 Å². The lowest BCUT2D eigenvalue weighted by Gasteiger charge is -2.14. The molecule has 0 radical (unpaired) electrons. The van der Waals surface area contributed by atoms with Crippen LogP contribution < -0.4 is 10.1 Å². The number of anilines is 1. The summed E-state index contributed by atoms with van der Waals surface area (Å²) >= 11 is 0. The second kappa shape index (κ2) is 8.99. The second-order valence-electron chi connectivity index (χ2n) is 6.09. The van der Waals surface area contributed by atoms with Crippen LogP contribution in [0.15, 0.2) is 36.4 Å². The van der Waals surface area contributed by atoms with E-state index in [0.717, 1.165) is 18.4 Å². The number of nitro benzene ring substituents is 1. The van der Waals surface area contributed by atoms with E-state index >= 15 is 0 Å². The summed E-state index contributed by atoms with van der Waals surface area (Å²) in [4.78, 5) is 23.2. The maximum atomic E-state index is 12.6. The van der Waals surface area contributed by atoms with Gasteiger partial charge in [-0.3, -0.25) is 14.9 Å². The molecule has 2 aromatic rings. The van der Waals surface area contributed by atoms with Gasteiger partial charge in [0, 0.05) is 23.4 Å². The minimum Gasteiger partial charge on any atom is -0.494 e. The molecule has 0 spiro atoms. The van der Waals surface area contributed by atoms with Gasteiger partial charge in [0.25, 0.3) is 11.6 Å². The normalized spacial score (nSPS) is 10.4. The summed E-state index contributed by atoms with van der Waals surface area (Å²) in [5.41, 5.74) is 2.54. The van der Waals surface area contributed by atoms with E-state index in [1.165, 1.54) is 12.1 Å². The molecule has 0 heterocycles. The van der Waals surface area contributed by atoms with Crippen LogP contribution in [0.2, 0.25) is 0 Å². The van der Waals surface area contributed by atoms with Crippen molar-refractivity contribution in [2.75, 3.05) is 11.9 Å². The molecule has 2 rings (SSSR count). The van der Waals surface area contributed by atoms with E-state index in [1.807, 2.05) is 13.0 Å². The highest BCUT2D eigenvalue weighted by Crippen LogP contribution is 2.28. The van der Waals surface area contributed by atoms with E-state index in [1.54, 1.807) is 25.1 Å². The van der Waals surface area contributed by atoms with E-state index < -0.39 is 4.92 Å². The average Bonchev–Trinajstić information content (AvgIpc) is 2.63. The Hall–Kier alpha value is -2.89. The number of carbonyl (C=O) groups excluding carboxylic acids is 1. The summed E-state index contributed by atoms with van der Waals surface area (Å²) in [6, 6.07) is 10.00. The fourth-order valence-corrected chi connectivity index (χ4v) is 2.65. The molecule has 2 aromatic carbocycles. The van der Waals surface area contributed by atoms with Gasteiger partial charge in [-0.15, -0.1) is 0 Å². The Labute approximate surface area is 153 Å². The molecule has 26 heavy (non-hydrogen) atoms. The maximum Gasteiger partial charge on any atom is 0.270 e. The number of non-ortho nitro benzene ring substituents is 1. The van der Waals surface area contributed by atoms with Crippen molar-refractivity contribution < 1.29 is 14.5 Å². The van der Waals surface area contributed by atoms with Gasteiger partial charge in [0.05, 0.1) is 11.5 Å². The van der Waals surface area contributed by atoms with Gasteiger partial charge in [-0.05, 0) is 49.1 Å². The number of hydrogen-bond donors (Lipinski definition) is 1. The van der Waals surface area contributed by atoms with Crippen molar-refractivity contribution in [1.82, 2.24) is 0 Å². The lowest BCUT2D eigenvalue weighted by atomic mass is 10.0. The minimum absolute atomic E-state index is 0.0312. The fraction of sp³-hybridized carbons (Fsp3) is 0.350. The summed E-state index contributed by atoms with van der Waals surface area (Å²) in [6.07, 6.45) is 2.58. The third-order valence-electron chi connectivity index (χ3n) is 4.10. The predicted octanol–water partition coefficient (Wildman–Crippen LogP) is 4.90. The SMILES string of the molecule is CCCCOc1cccc(C(=O)Nc2c(C)cc([N+](=O)[O-])cc2CC)c1. The lowest BCUT2D eigenvalue weighted by Crippen LogP contribution is -2.14. The highest BCUT2D eigenvalue weighted by Gasteiger charge is 2.16. The number of nitro groups is 1. The number of carbonyl (C=O) groups is 1. The Balaban J connectivity index is 2.22. The molecule has 1 amide bonds. The third-order valence-corrected chi connectivity index (χ3v) is 4.10. The molecule has 6 nitrogen and oxygen atoms in total. The third kappa shape index (κ3) is 4.81. The van der Waals surface area contributed by atoms with Crippen molar-refractivity contribution in [3.8, 4) is 5.75 Å². The summed E-state index contributed by atoms with van der Waals surface area (Å²) in [5, 5.41) is 13.9. The van der Waals surface area contributed by atoms with Crippen LogP contribution in [0, 0.1) is 17.0 Å². The molecule has 0 aliphatic rings. The number of ether oxygens (including phenoxy) is 1. The van der Waals surface area contributed by atoms with E-state index in [-0.39, 0.29) is 11.6 Å². The number of aryl methyl sites for hydroxylation is 2. The first-order valence-corrected chi connectivity index (χ1v) is 8.78. The van der Waals surface area contributed by atoms with Crippen LogP contribution in [0.25, 0.3) is 0 Å². The standard InChI is InChI=1S/C20H24N2O4/c1-4-6-10-26-18-9-7-8-16(13-18)20(23)21-19-14(3)11-17(22(24)25)12-15(19)5-2/h7-9,11-13H,4-6,10H2,1-3H3,(H,21,23). The van der Waals surface area contributed by atoms with Gasteiger partial charge in [-0.25, -0.2) is 0 Å². The molecule has 6 heteroatoms. The largest absolute Gasteiger partial charge is 0.494 e. The van der Waals surface area contributed by atoms with Gasteiger partial charge in [-0.2, -0.15) is 0 Å². The molecule has 0 bridgehead atoms. The number of unbranched alkanes of at least 4 members (excludes halogenated alkanes) is 1. The number of nitrogens with one attached hydrogen (secondary N) is 1. The quantitative estimate of drug-likeness (QED) is 0.414. The lowest BCUT2D eigenvalue weighted by molar-refractivity contribution is -0.384. The number of benzene rings is 2. The van der Waals surface area contributed by atoms with E-state index in [9.17, 15) is 14.9 Å². The molecule has 138 valence electrons. The Bertz CT molecular complexity index is 802. The summed E-state index contributed by atoms with van der Waals surface area (Å²) < 4.78 is 5.64. The van der Waals surface area contributed by atoms with Crippen LogP contribution in [-0.4, -0.2) is 17.4 Å². The highest BCUT2D eigenvalue weighted by atomic mass is 16.6. The van der Waals surface area contributed by atoms with Crippen molar-refractivity contribution in [3.05, 3.63) is 63.2 Å². The zero-order valence-electron chi connectivity index (χ0n) is 15.4. The molecule has 0 unspecified atom stereocenters. The average molecular weight is 356 g/mol. The Kier molecular flexibility index (Phi) is 6.72. The fourth-order valence-electron chi connectivity index (χ4n) is 2.65. The first kappa shape index (κ1) is 19.4. The highest BCUT2D eigenvalue weighted by molar-refractivity contribution is 6.05.